The first-order valence-corrected chi connectivity index (χ1v) is 6.65. The zero-order valence-electron chi connectivity index (χ0n) is 10.7. The number of anilines is 1. The third kappa shape index (κ3) is 2.93. The third-order valence-electron chi connectivity index (χ3n) is 2.72. The summed E-state index contributed by atoms with van der Waals surface area (Å²) < 4.78 is 13.9. The van der Waals surface area contributed by atoms with E-state index in [1.54, 1.807) is 19.2 Å². The molecular weight excluding hydrogens is 327 g/mol. The van der Waals surface area contributed by atoms with Crippen molar-refractivity contribution in [3.05, 3.63) is 41.0 Å². The molecule has 0 saturated carbocycles. The zero-order chi connectivity index (χ0) is 14.7. The lowest BCUT2D eigenvalue weighted by Crippen LogP contribution is -2.36. The van der Waals surface area contributed by atoms with Gasteiger partial charge in [0, 0.05) is 34.5 Å². The molecule has 2 rings (SSSR count). The standard InChI is InChI=1S/C13H12BrFN4O/c1-2-19(13(16)20)12-4-10(11(14)7-18-12)8-3-9(15)6-17-5-8/h3-7H,2H2,1H3,(H2,16,20). The minimum absolute atomic E-state index is 0.394. The van der Waals surface area contributed by atoms with Gasteiger partial charge in [-0.2, -0.15) is 0 Å². The Morgan fingerprint density at radius 2 is 2.15 bits per heavy atom. The highest BCUT2D eigenvalue weighted by molar-refractivity contribution is 9.10. The van der Waals surface area contributed by atoms with E-state index in [1.165, 1.54) is 17.2 Å². The smallest absolute Gasteiger partial charge is 0.320 e. The Morgan fingerprint density at radius 3 is 2.75 bits per heavy atom. The first-order valence-electron chi connectivity index (χ1n) is 5.86. The molecular formula is C13H12BrFN4O. The van der Waals surface area contributed by atoms with Crippen LogP contribution in [0.5, 0.6) is 0 Å². The van der Waals surface area contributed by atoms with Crippen LogP contribution in [0.4, 0.5) is 15.0 Å². The molecule has 0 aromatic carbocycles. The Hall–Kier alpha value is -2.02. The predicted molar refractivity (Wildman–Crippen MR) is 77.7 cm³/mol. The maximum Gasteiger partial charge on any atom is 0.320 e. The highest BCUT2D eigenvalue weighted by Crippen LogP contribution is 2.30. The normalized spacial score (nSPS) is 10.3. The molecule has 2 N–H and O–H groups in total. The average Bonchev–Trinajstić information content (AvgIpc) is 2.41. The van der Waals surface area contributed by atoms with Gasteiger partial charge < -0.3 is 5.73 Å². The summed E-state index contributed by atoms with van der Waals surface area (Å²) in [4.78, 5) is 20.6. The van der Waals surface area contributed by atoms with Crippen molar-refractivity contribution in [2.75, 3.05) is 11.4 Å². The highest BCUT2D eigenvalue weighted by Gasteiger charge is 2.14. The molecule has 104 valence electrons. The molecule has 2 heterocycles. The molecule has 0 bridgehead atoms. The van der Waals surface area contributed by atoms with Crippen molar-refractivity contribution in [1.82, 2.24) is 9.97 Å². The van der Waals surface area contributed by atoms with E-state index >= 15 is 0 Å². The van der Waals surface area contributed by atoms with E-state index in [9.17, 15) is 9.18 Å². The third-order valence-corrected chi connectivity index (χ3v) is 3.35. The van der Waals surface area contributed by atoms with Gasteiger partial charge >= 0.3 is 6.03 Å². The first kappa shape index (κ1) is 14.4. The van der Waals surface area contributed by atoms with Gasteiger partial charge in [-0.15, -0.1) is 0 Å². The quantitative estimate of drug-likeness (QED) is 0.934. The number of primary amides is 1. The minimum atomic E-state index is -0.592. The lowest BCUT2D eigenvalue weighted by atomic mass is 10.1. The number of nitrogens with two attached hydrogens (primary N) is 1. The van der Waals surface area contributed by atoms with E-state index in [4.69, 9.17) is 5.73 Å². The number of pyridine rings is 2. The van der Waals surface area contributed by atoms with Crippen LogP contribution in [-0.2, 0) is 0 Å². The number of urea groups is 1. The summed E-state index contributed by atoms with van der Waals surface area (Å²) in [5.74, 6) is -0.0301. The van der Waals surface area contributed by atoms with Crippen LogP contribution in [0, 0.1) is 5.82 Å². The SMILES string of the molecule is CCN(C(N)=O)c1cc(-c2cncc(F)c2)c(Br)cn1. The van der Waals surface area contributed by atoms with Crippen LogP contribution < -0.4 is 10.6 Å². The number of rotatable bonds is 3. The van der Waals surface area contributed by atoms with Crippen molar-refractivity contribution in [3.8, 4) is 11.1 Å². The second-order valence-corrected chi connectivity index (χ2v) is 4.85. The molecule has 0 aliphatic rings. The molecule has 2 amide bonds. The van der Waals surface area contributed by atoms with E-state index in [2.05, 4.69) is 25.9 Å². The van der Waals surface area contributed by atoms with Crippen LogP contribution >= 0.6 is 15.9 Å². The van der Waals surface area contributed by atoms with Crippen molar-refractivity contribution in [3.63, 3.8) is 0 Å². The zero-order valence-corrected chi connectivity index (χ0v) is 12.3. The molecule has 0 spiro atoms. The molecule has 0 radical (unpaired) electrons. The van der Waals surface area contributed by atoms with Crippen molar-refractivity contribution in [2.24, 2.45) is 5.73 Å². The number of hydrogen-bond acceptors (Lipinski definition) is 3. The van der Waals surface area contributed by atoms with Gasteiger partial charge in [-0.1, -0.05) is 0 Å². The van der Waals surface area contributed by atoms with Gasteiger partial charge in [0.15, 0.2) is 0 Å². The van der Waals surface area contributed by atoms with Gasteiger partial charge in [-0.3, -0.25) is 9.88 Å². The summed E-state index contributed by atoms with van der Waals surface area (Å²) in [6.45, 7) is 2.18. The van der Waals surface area contributed by atoms with E-state index < -0.39 is 11.8 Å². The Balaban J connectivity index is 2.51. The fourth-order valence-corrected chi connectivity index (χ4v) is 2.23. The van der Waals surface area contributed by atoms with E-state index in [0.717, 1.165) is 6.20 Å². The second-order valence-electron chi connectivity index (χ2n) is 4.00. The lowest BCUT2D eigenvalue weighted by Gasteiger charge is -2.18. The van der Waals surface area contributed by atoms with Crippen LogP contribution in [-0.4, -0.2) is 22.5 Å². The van der Waals surface area contributed by atoms with Gasteiger partial charge in [0.05, 0.1) is 6.20 Å². The van der Waals surface area contributed by atoms with Gasteiger partial charge in [-0.05, 0) is 35.0 Å². The maximum atomic E-state index is 13.3. The number of carbonyl (C=O) groups is 1. The Morgan fingerprint density at radius 1 is 1.40 bits per heavy atom. The Bertz CT molecular complexity index is 650. The van der Waals surface area contributed by atoms with Crippen LogP contribution in [0.15, 0.2) is 35.2 Å². The number of carbonyl (C=O) groups excluding carboxylic acids is 1. The number of hydrogen-bond donors (Lipinski definition) is 1. The largest absolute Gasteiger partial charge is 0.351 e. The molecule has 0 aliphatic heterocycles. The highest BCUT2D eigenvalue weighted by atomic mass is 79.9. The molecule has 2 aromatic heterocycles. The molecule has 0 aliphatic carbocycles. The minimum Gasteiger partial charge on any atom is -0.351 e. The van der Waals surface area contributed by atoms with Crippen molar-refractivity contribution in [2.45, 2.75) is 6.92 Å². The van der Waals surface area contributed by atoms with Gasteiger partial charge in [0.25, 0.3) is 0 Å². The first-order chi connectivity index (χ1) is 9.52. The molecule has 0 atom stereocenters. The topological polar surface area (TPSA) is 72.1 Å². The van der Waals surface area contributed by atoms with Crippen LogP contribution in [0.3, 0.4) is 0 Å². The summed E-state index contributed by atoms with van der Waals surface area (Å²) in [6, 6.07) is 2.43. The summed E-state index contributed by atoms with van der Waals surface area (Å²) in [7, 11) is 0. The molecule has 2 aromatic rings. The van der Waals surface area contributed by atoms with E-state index in [1.807, 2.05) is 0 Å². The molecule has 7 heteroatoms. The Kier molecular flexibility index (Phi) is 4.29. The predicted octanol–water partition coefficient (Wildman–Crippen LogP) is 2.95. The monoisotopic (exact) mass is 338 g/mol. The lowest BCUT2D eigenvalue weighted by molar-refractivity contribution is 0.254. The van der Waals surface area contributed by atoms with Crippen LogP contribution in [0.1, 0.15) is 6.92 Å². The fourth-order valence-electron chi connectivity index (χ4n) is 1.79. The fraction of sp³-hybridized carbons (Fsp3) is 0.154. The maximum absolute atomic E-state index is 13.3. The molecule has 5 nitrogen and oxygen atoms in total. The summed E-state index contributed by atoms with van der Waals surface area (Å²) in [6.07, 6.45) is 4.20. The molecule has 0 unspecified atom stereocenters. The van der Waals surface area contributed by atoms with Crippen LogP contribution in [0.2, 0.25) is 0 Å². The Labute approximate surface area is 123 Å². The molecule has 20 heavy (non-hydrogen) atoms. The number of nitrogens with zero attached hydrogens (tertiary/aromatic N) is 3. The van der Waals surface area contributed by atoms with Gasteiger partial charge in [-0.25, -0.2) is 14.2 Å². The second kappa shape index (κ2) is 5.96. The number of aromatic nitrogens is 2. The van der Waals surface area contributed by atoms with Crippen molar-refractivity contribution < 1.29 is 9.18 Å². The van der Waals surface area contributed by atoms with E-state index in [-0.39, 0.29) is 0 Å². The van der Waals surface area contributed by atoms with Crippen LogP contribution in [0.25, 0.3) is 11.1 Å². The van der Waals surface area contributed by atoms with Gasteiger partial charge in [0.1, 0.15) is 11.6 Å². The van der Waals surface area contributed by atoms with Crippen molar-refractivity contribution >= 4 is 27.8 Å². The average molecular weight is 339 g/mol. The van der Waals surface area contributed by atoms with Crippen molar-refractivity contribution in [1.29, 1.82) is 0 Å². The molecule has 0 fully saturated rings. The summed E-state index contributed by atoms with van der Waals surface area (Å²) >= 11 is 3.35. The molecule has 0 saturated heterocycles. The van der Waals surface area contributed by atoms with E-state index in [0.29, 0.717) is 28.0 Å². The van der Waals surface area contributed by atoms with Gasteiger partial charge in [0.2, 0.25) is 0 Å². The number of amides is 2. The summed E-state index contributed by atoms with van der Waals surface area (Å²) in [5.41, 5.74) is 6.56. The summed E-state index contributed by atoms with van der Waals surface area (Å²) in [5, 5.41) is 0. The number of halogens is 2.